The van der Waals surface area contributed by atoms with Crippen molar-refractivity contribution in [1.29, 1.82) is 0 Å². The number of hydrogen-bond donors (Lipinski definition) is 3. The lowest BCUT2D eigenvalue weighted by Crippen LogP contribution is -2.39. The second kappa shape index (κ2) is 11.2. The van der Waals surface area contributed by atoms with Crippen molar-refractivity contribution >= 4 is 11.7 Å². The summed E-state index contributed by atoms with van der Waals surface area (Å²) in [6.45, 7) is 17.0. The molecular weight excluding hydrogens is 475 g/mol. The Balaban J connectivity index is 1.73. The number of aryl methyl sites for hydroxylation is 2. The van der Waals surface area contributed by atoms with Crippen LogP contribution in [0.3, 0.4) is 0 Å². The molecule has 0 fully saturated rings. The van der Waals surface area contributed by atoms with Gasteiger partial charge in [-0.25, -0.2) is 9.18 Å². The molecule has 0 aliphatic carbocycles. The average molecular weight is 519 g/mol. The van der Waals surface area contributed by atoms with Crippen molar-refractivity contribution in [1.82, 2.24) is 5.32 Å². The number of anilines is 1. The van der Waals surface area contributed by atoms with Crippen LogP contribution in [0, 0.1) is 5.82 Å². The zero-order valence-electron chi connectivity index (χ0n) is 24.1. The molecule has 0 bridgehead atoms. The van der Waals surface area contributed by atoms with E-state index >= 15 is 0 Å². The third kappa shape index (κ3) is 7.37. The van der Waals surface area contributed by atoms with Crippen molar-refractivity contribution in [2.45, 2.75) is 84.5 Å². The summed E-state index contributed by atoms with van der Waals surface area (Å²) >= 11 is 0. The first-order valence-corrected chi connectivity index (χ1v) is 13.3. The molecule has 0 saturated carbocycles. The Kier molecular flexibility index (Phi) is 8.60. The van der Waals surface area contributed by atoms with Gasteiger partial charge in [-0.15, -0.1) is 0 Å². The molecule has 3 aromatic rings. The molecule has 0 aliphatic rings. The van der Waals surface area contributed by atoms with Gasteiger partial charge in [0.2, 0.25) is 0 Å². The van der Waals surface area contributed by atoms with Gasteiger partial charge in [0, 0.05) is 17.6 Å². The van der Waals surface area contributed by atoms with Gasteiger partial charge in [0.05, 0.1) is 0 Å². The van der Waals surface area contributed by atoms with Gasteiger partial charge in [-0.2, -0.15) is 0 Å². The Morgan fingerprint density at radius 2 is 1.42 bits per heavy atom. The number of rotatable bonds is 7. The first kappa shape index (κ1) is 29.2. The molecule has 0 unspecified atom stereocenters. The third-order valence-electron chi connectivity index (χ3n) is 7.03. The molecule has 5 heteroatoms. The molecule has 3 N–H and O–H groups in total. The van der Waals surface area contributed by atoms with E-state index in [2.05, 4.69) is 64.3 Å². The smallest absolute Gasteiger partial charge is 0.319 e. The van der Waals surface area contributed by atoms with Crippen LogP contribution in [0.15, 0.2) is 60.7 Å². The van der Waals surface area contributed by atoms with E-state index in [0.29, 0.717) is 12.3 Å². The lowest BCUT2D eigenvalue weighted by molar-refractivity contribution is 0.249. The van der Waals surface area contributed by atoms with Crippen LogP contribution in [-0.4, -0.2) is 17.7 Å². The summed E-state index contributed by atoms with van der Waals surface area (Å²) < 4.78 is 13.7. The second-order valence-electron chi connectivity index (χ2n) is 12.9. The summed E-state index contributed by atoms with van der Waals surface area (Å²) in [7, 11) is 0. The minimum absolute atomic E-state index is 0.184. The number of halogens is 1. The zero-order valence-corrected chi connectivity index (χ0v) is 24.1. The molecule has 0 spiro atoms. The summed E-state index contributed by atoms with van der Waals surface area (Å²) in [4.78, 5) is 12.8. The lowest BCUT2D eigenvalue weighted by atomic mass is 9.78. The first-order valence-electron chi connectivity index (χ1n) is 13.3. The summed E-state index contributed by atoms with van der Waals surface area (Å²) in [5.41, 5.74) is 4.90. The van der Waals surface area contributed by atoms with E-state index in [-0.39, 0.29) is 22.7 Å². The number of hydrogen-bond acceptors (Lipinski definition) is 2. The molecule has 38 heavy (non-hydrogen) atoms. The topological polar surface area (TPSA) is 61.4 Å². The Hall–Kier alpha value is -3.34. The van der Waals surface area contributed by atoms with Gasteiger partial charge in [-0.3, -0.25) is 0 Å². The summed E-state index contributed by atoms with van der Waals surface area (Å²) in [6.07, 6.45) is 1.52. The summed E-state index contributed by atoms with van der Waals surface area (Å²) in [5.74, 6) is 0.0977. The third-order valence-corrected chi connectivity index (χ3v) is 7.03. The van der Waals surface area contributed by atoms with E-state index in [4.69, 9.17) is 0 Å². The largest absolute Gasteiger partial charge is 0.507 e. The van der Waals surface area contributed by atoms with Crippen LogP contribution in [-0.2, 0) is 29.1 Å². The number of nitrogens with one attached hydrogen (secondary N) is 2. The van der Waals surface area contributed by atoms with Crippen LogP contribution in [0.25, 0.3) is 0 Å². The number of para-hydroxylation sites is 1. The molecule has 2 amide bonds. The first-order chi connectivity index (χ1) is 17.6. The van der Waals surface area contributed by atoms with Crippen LogP contribution in [0.5, 0.6) is 5.75 Å². The molecule has 0 aromatic heterocycles. The zero-order chi connectivity index (χ0) is 28.3. The quantitative estimate of drug-likeness (QED) is 0.297. The average Bonchev–Trinajstić information content (AvgIpc) is 2.81. The Morgan fingerprint density at radius 3 is 2.00 bits per heavy atom. The van der Waals surface area contributed by atoms with Gasteiger partial charge in [0.1, 0.15) is 11.6 Å². The molecule has 4 nitrogen and oxygen atoms in total. The standard InChI is InChI=1S/C33H43FN2O2/c1-31(2,3)26-18-22(19-27(29(26)37)32(4,5)6)16-17-23-12-9-10-15-28(23)36-30(38)35-21-33(7,8)24-13-11-14-25(34)20-24/h9-15,18-20,37H,16-17,21H2,1-8H3,(H2,35,36,38). The molecule has 0 aliphatic heterocycles. The van der Waals surface area contributed by atoms with E-state index in [1.807, 2.05) is 44.2 Å². The van der Waals surface area contributed by atoms with Crippen LogP contribution in [0.1, 0.15) is 83.2 Å². The van der Waals surface area contributed by atoms with Crippen molar-refractivity contribution in [3.8, 4) is 5.75 Å². The number of benzene rings is 3. The van der Waals surface area contributed by atoms with Crippen molar-refractivity contribution in [2.75, 3.05) is 11.9 Å². The summed E-state index contributed by atoms with van der Waals surface area (Å²) in [5, 5.41) is 17.0. The van der Waals surface area contributed by atoms with Crippen molar-refractivity contribution in [2.24, 2.45) is 0 Å². The van der Waals surface area contributed by atoms with Crippen molar-refractivity contribution in [3.63, 3.8) is 0 Å². The number of phenolic OH excluding ortho intramolecular Hbond substituents is 1. The van der Waals surface area contributed by atoms with E-state index in [9.17, 15) is 14.3 Å². The van der Waals surface area contributed by atoms with Gasteiger partial charge in [0.15, 0.2) is 0 Å². The van der Waals surface area contributed by atoms with Gasteiger partial charge in [-0.1, -0.05) is 97.9 Å². The normalized spacial score (nSPS) is 12.3. The Bertz CT molecular complexity index is 1250. The monoisotopic (exact) mass is 518 g/mol. The van der Waals surface area contributed by atoms with Crippen LogP contribution >= 0.6 is 0 Å². The predicted molar refractivity (Wildman–Crippen MR) is 156 cm³/mol. The minimum atomic E-state index is -0.423. The molecule has 0 heterocycles. The van der Waals surface area contributed by atoms with Crippen LogP contribution in [0.2, 0.25) is 0 Å². The highest BCUT2D eigenvalue weighted by atomic mass is 19.1. The highest BCUT2D eigenvalue weighted by Gasteiger charge is 2.26. The van der Waals surface area contributed by atoms with Crippen LogP contribution < -0.4 is 10.6 Å². The minimum Gasteiger partial charge on any atom is -0.507 e. The number of amides is 2. The van der Waals surface area contributed by atoms with Gasteiger partial charge < -0.3 is 15.7 Å². The maximum absolute atomic E-state index is 13.7. The molecular formula is C33H43FN2O2. The fourth-order valence-corrected chi connectivity index (χ4v) is 4.60. The fraction of sp³-hybridized carbons (Fsp3) is 0.424. The molecule has 3 rings (SSSR count). The number of aromatic hydroxyl groups is 1. The second-order valence-corrected chi connectivity index (χ2v) is 12.9. The van der Waals surface area contributed by atoms with Gasteiger partial charge in [0.25, 0.3) is 0 Å². The van der Waals surface area contributed by atoms with Crippen molar-refractivity contribution < 1.29 is 14.3 Å². The van der Waals surface area contributed by atoms with Gasteiger partial charge in [-0.05, 0) is 69.7 Å². The highest BCUT2D eigenvalue weighted by molar-refractivity contribution is 5.90. The Morgan fingerprint density at radius 1 is 0.816 bits per heavy atom. The van der Waals surface area contributed by atoms with E-state index in [1.54, 1.807) is 6.07 Å². The maximum atomic E-state index is 13.7. The molecule has 3 aromatic carbocycles. The molecule has 0 atom stereocenters. The van der Waals surface area contributed by atoms with E-state index in [0.717, 1.165) is 46.3 Å². The predicted octanol–water partition coefficient (Wildman–Crippen LogP) is 8.01. The Labute approximate surface area is 227 Å². The van der Waals surface area contributed by atoms with Crippen molar-refractivity contribution in [3.05, 3.63) is 94.3 Å². The van der Waals surface area contributed by atoms with E-state index in [1.165, 1.54) is 12.1 Å². The molecule has 204 valence electrons. The number of phenols is 1. The molecule has 0 radical (unpaired) electrons. The highest BCUT2D eigenvalue weighted by Crippen LogP contribution is 2.40. The number of carbonyl (C=O) groups is 1. The van der Waals surface area contributed by atoms with Crippen LogP contribution in [0.4, 0.5) is 14.9 Å². The SMILES string of the molecule is CC(C)(C)c1cc(CCc2ccccc2NC(=O)NCC(C)(C)c2cccc(F)c2)cc(C(C)(C)C)c1O. The maximum Gasteiger partial charge on any atom is 0.319 e. The van der Waals surface area contributed by atoms with E-state index < -0.39 is 5.41 Å². The molecule has 0 saturated heterocycles. The van der Waals surface area contributed by atoms with Gasteiger partial charge >= 0.3 is 6.03 Å². The number of urea groups is 1. The number of carbonyl (C=O) groups excluding carboxylic acids is 1. The fourth-order valence-electron chi connectivity index (χ4n) is 4.60. The lowest BCUT2D eigenvalue weighted by Gasteiger charge is -2.28. The summed E-state index contributed by atoms with van der Waals surface area (Å²) in [6, 6.07) is 18.2.